The molecule has 5 nitrogen and oxygen atoms in total. The standard InChI is InChI=1S/C40H64O5Si2/c1-10-11-14-21-31(44-47(40(5,6)7,32-22-15-12-16-23-32)33-24-17-13-18-25-33)28-29-34-35(26-19-20-27-38(42)43)37(30-36(34)41)45-46(8,9)39(2,3)4/h12-13,15-18,22-25,28-29,31,34-37,41H,10-11,14,19-21,26-27,30H2,1-9H3,(H,42,43)/b29-28+/t31-,34-,35-,36-,37+/m1/s1. The maximum Gasteiger partial charge on any atom is 0.303 e. The summed E-state index contributed by atoms with van der Waals surface area (Å²) in [6, 6.07) is 21.6. The molecule has 0 aromatic heterocycles. The van der Waals surface area contributed by atoms with Crippen LogP contribution in [0.25, 0.3) is 0 Å². The number of aliphatic carboxylic acids is 1. The van der Waals surface area contributed by atoms with E-state index in [-0.39, 0.29) is 40.5 Å². The van der Waals surface area contributed by atoms with Gasteiger partial charge in [0.1, 0.15) is 0 Å². The summed E-state index contributed by atoms with van der Waals surface area (Å²) < 4.78 is 14.6. The zero-order valence-electron chi connectivity index (χ0n) is 30.8. The minimum Gasteiger partial charge on any atom is -0.481 e. The zero-order valence-corrected chi connectivity index (χ0v) is 32.8. The van der Waals surface area contributed by atoms with Gasteiger partial charge in [0.25, 0.3) is 8.32 Å². The fourth-order valence-electron chi connectivity index (χ4n) is 7.06. The Morgan fingerprint density at radius 2 is 1.47 bits per heavy atom. The minimum absolute atomic E-state index is 0.0403. The molecule has 0 spiro atoms. The van der Waals surface area contributed by atoms with E-state index in [1.807, 2.05) is 0 Å². The first kappa shape index (κ1) is 39.4. The average Bonchev–Trinajstić information content (AvgIpc) is 3.28. The van der Waals surface area contributed by atoms with E-state index >= 15 is 0 Å². The molecule has 1 fully saturated rings. The van der Waals surface area contributed by atoms with Gasteiger partial charge in [0.05, 0.1) is 18.3 Å². The van der Waals surface area contributed by atoms with Crippen LogP contribution in [-0.2, 0) is 13.6 Å². The molecule has 0 saturated heterocycles. The normalized spacial score (nSPS) is 21.7. The van der Waals surface area contributed by atoms with E-state index in [1.165, 1.54) is 10.4 Å². The SMILES string of the molecule is CCCCC[C@H](/C=C/[C@@H]1[C@@H](CCCCC(=O)O)[C@@H](O[Si](C)(C)C(C)(C)C)C[C@H]1O)O[Si](c1ccccc1)(c1ccccc1)C(C)(C)C. The van der Waals surface area contributed by atoms with Crippen LogP contribution in [0.1, 0.15) is 106 Å². The van der Waals surface area contributed by atoms with Crippen LogP contribution < -0.4 is 10.4 Å². The highest BCUT2D eigenvalue weighted by Crippen LogP contribution is 2.45. The van der Waals surface area contributed by atoms with Crippen molar-refractivity contribution in [1.29, 1.82) is 0 Å². The molecule has 2 aromatic rings. The first-order valence-electron chi connectivity index (χ1n) is 18.1. The molecule has 7 heteroatoms. The van der Waals surface area contributed by atoms with Crippen molar-refractivity contribution in [2.45, 2.75) is 148 Å². The third-order valence-electron chi connectivity index (χ3n) is 10.7. The molecule has 0 aliphatic heterocycles. The molecule has 1 saturated carbocycles. The molecule has 0 bridgehead atoms. The van der Waals surface area contributed by atoms with Crippen molar-refractivity contribution in [3.05, 3.63) is 72.8 Å². The Morgan fingerprint density at radius 3 is 1.96 bits per heavy atom. The van der Waals surface area contributed by atoms with Crippen LogP contribution in [0.15, 0.2) is 72.8 Å². The molecule has 47 heavy (non-hydrogen) atoms. The Bertz CT molecular complexity index is 1210. The molecule has 2 N–H and O–H groups in total. The summed E-state index contributed by atoms with van der Waals surface area (Å²) >= 11 is 0. The van der Waals surface area contributed by atoms with Gasteiger partial charge < -0.3 is 19.1 Å². The van der Waals surface area contributed by atoms with Crippen LogP contribution in [0.2, 0.25) is 23.2 Å². The Hall–Kier alpha value is -2.04. The lowest BCUT2D eigenvalue weighted by Gasteiger charge is -2.45. The molecule has 5 atom stereocenters. The fourth-order valence-corrected chi connectivity index (χ4v) is 13.1. The monoisotopic (exact) mass is 680 g/mol. The lowest BCUT2D eigenvalue weighted by atomic mass is 9.88. The van der Waals surface area contributed by atoms with Gasteiger partial charge in [0.2, 0.25) is 0 Å². The van der Waals surface area contributed by atoms with Gasteiger partial charge in [0.15, 0.2) is 8.32 Å². The molecular weight excluding hydrogens is 617 g/mol. The summed E-state index contributed by atoms with van der Waals surface area (Å²) in [6.07, 6.45) is 11.2. The highest BCUT2D eigenvalue weighted by molar-refractivity contribution is 6.99. The van der Waals surface area contributed by atoms with E-state index in [2.05, 4.69) is 134 Å². The van der Waals surface area contributed by atoms with Crippen molar-refractivity contribution < 1.29 is 23.9 Å². The second kappa shape index (κ2) is 17.1. The number of carbonyl (C=O) groups is 1. The summed E-state index contributed by atoms with van der Waals surface area (Å²) in [5, 5.41) is 23.3. The first-order chi connectivity index (χ1) is 22.0. The Balaban J connectivity index is 2.03. The molecule has 1 aliphatic rings. The molecule has 0 amide bonds. The summed E-state index contributed by atoms with van der Waals surface area (Å²) in [5.41, 5.74) is 0. The van der Waals surface area contributed by atoms with Gasteiger partial charge in [-0.1, -0.05) is 147 Å². The molecular formula is C40H64O5Si2. The number of rotatable bonds is 17. The molecule has 262 valence electrons. The second-order valence-electron chi connectivity index (χ2n) is 16.3. The summed E-state index contributed by atoms with van der Waals surface area (Å²) in [7, 11) is -4.85. The highest BCUT2D eigenvalue weighted by Gasteiger charge is 2.51. The maximum absolute atomic E-state index is 11.6. The number of carboxylic acid groups (broad SMARTS) is 1. The van der Waals surface area contributed by atoms with E-state index in [0.717, 1.165) is 38.5 Å². The predicted molar refractivity (Wildman–Crippen MR) is 202 cm³/mol. The molecule has 2 aromatic carbocycles. The van der Waals surface area contributed by atoms with Gasteiger partial charge >= 0.3 is 5.97 Å². The van der Waals surface area contributed by atoms with E-state index in [1.54, 1.807) is 0 Å². The van der Waals surface area contributed by atoms with Gasteiger partial charge in [-0.05, 0) is 65.1 Å². The quantitative estimate of drug-likeness (QED) is 0.0991. The number of aliphatic hydroxyl groups excluding tert-OH is 1. The summed E-state index contributed by atoms with van der Waals surface area (Å²) in [4.78, 5) is 11.3. The third-order valence-corrected chi connectivity index (χ3v) is 20.3. The average molecular weight is 681 g/mol. The second-order valence-corrected chi connectivity index (χ2v) is 25.3. The molecule has 0 heterocycles. The number of benzene rings is 2. The zero-order chi connectivity index (χ0) is 34.9. The number of aliphatic hydroxyl groups is 1. The van der Waals surface area contributed by atoms with Crippen molar-refractivity contribution >= 4 is 33.0 Å². The molecule has 3 rings (SSSR count). The number of hydrogen-bond acceptors (Lipinski definition) is 4. The molecule has 0 radical (unpaired) electrons. The first-order valence-corrected chi connectivity index (χ1v) is 22.9. The van der Waals surface area contributed by atoms with Crippen molar-refractivity contribution in [3.8, 4) is 0 Å². The summed E-state index contributed by atoms with van der Waals surface area (Å²) in [5.74, 6) is -0.684. The van der Waals surface area contributed by atoms with Gasteiger partial charge in [-0.25, -0.2) is 0 Å². The van der Waals surface area contributed by atoms with Crippen molar-refractivity contribution in [3.63, 3.8) is 0 Å². The van der Waals surface area contributed by atoms with E-state index in [0.29, 0.717) is 12.8 Å². The van der Waals surface area contributed by atoms with E-state index in [9.17, 15) is 15.0 Å². The lowest BCUT2D eigenvalue weighted by Crippen LogP contribution is -2.67. The third kappa shape index (κ3) is 10.2. The predicted octanol–water partition coefficient (Wildman–Crippen LogP) is 9.10. The van der Waals surface area contributed by atoms with Crippen LogP contribution in [0.4, 0.5) is 0 Å². The maximum atomic E-state index is 11.6. The minimum atomic E-state index is -2.77. The van der Waals surface area contributed by atoms with Gasteiger partial charge in [0, 0.05) is 12.3 Å². The Kier molecular flexibility index (Phi) is 14.3. The van der Waals surface area contributed by atoms with Crippen LogP contribution in [-0.4, -0.2) is 51.1 Å². The van der Waals surface area contributed by atoms with Gasteiger partial charge in [-0.3, -0.25) is 4.79 Å². The number of hydrogen-bond donors (Lipinski definition) is 2. The van der Waals surface area contributed by atoms with Crippen molar-refractivity contribution in [2.75, 3.05) is 0 Å². The Labute approximate surface area is 288 Å². The van der Waals surface area contributed by atoms with Crippen LogP contribution in [0.5, 0.6) is 0 Å². The lowest BCUT2D eigenvalue weighted by molar-refractivity contribution is -0.137. The van der Waals surface area contributed by atoms with Crippen molar-refractivity contribution in [1.82, 2.24) is 0 Å². The van der Waals surface area contributed by atoms with Crippen LogP contribution in [0, 0.1) is 11.8 Å². The fraction of sp³-hybridized carbons (Fsp3) is 0.625. The number of carboxylic acids is 1. The highest BCUT2D eigenvalue weighted by atomic mass is 28.4. The van der Waals surface area contributed by atoms with Crippen LogP contribution >= 0.6 is 0 Å². The van der Waals surface area contributed by atoms with Gasteiger partial charge in [-0.15, -0.1) is 0 Å². The van der Waals surface area contributed by atoms with Gasteiger partial charge in [-0.2, -0.15) is 0 Å². The topological polar surface area (TPSA) is 76.0 Å². The largest absolute Gasteiger partial charge is 0.481 e. The molecule has 1 aliphatic carbocycles. The molecule has 0 unspecified atom stereocenters. The van der Waals surface area contributed by atoms with E-state index < -0.39 is 28.7 Å². The number of unbranched alkanes of at least 4 members (excludes halogenated alkanes) is 3. The smallest absolute Gasteiger partial charge is 0.303 e. The van der Waals surface area contributed by atoms with Crippen LogP contribution in [0.3, 0.4) is 0 Å². The summed E-state index contributed by atoms with van der Waals surface area (Å²) in [6.45, 7) is 20.5. The Morgan fingerprint density at radius 1 is 0.894 bits per heavy atom. The van der Waals surface area contributed by atoms with E-state index in [4.69, 9.17) is 8.85 Å². The van der Waals surface area contributed by atoms with Crippen molar-refractivity contribution in [2.24, 2.45) is 11.8 Å².